The van der Waals surface area contributed by atoms with Crippen molar-refractivity contribution < 1.29 is 22.1 Å². The molecule has 5 nitrogen and oxygen atoms in total. The number of fused-ring (bicyclic) bond motifs is 1. The van der Waals surface area contributed by atoms with E-state index in [0.29, 0.717) is 0 Å². The first-order chi connectivity index (χ1) is 7.70. The lowest BCUT2D eigenvalue weighted by Gasteiger charge is -2.21. The number of carbonyl (C=O) groups is 1. The third kappa shape index (κ3) is 2.28. The van der Waals surface area contributed by atoms with Gasteiger partial charge < -0.3 is 4.74 Å². The van der Waals surface area contributed by atoms with Crippen LogP contribution in [0.15, 0.2) is 23.8 Å². The molecule has 94 valence electrons. The zero-order valence-electron chi connectivity index (χ0n) is 9.84. The van der Waals surface area contributed by atoms with Crippen LogP contribution in [0.5, 0.6) is 0 Å². The topological polar surface area (TPSA) is 69.7 Å². The Morgan fingerprint density at radius 2 is 2.00 bits per heavy atom. The van der Waals surface area contributed by atoms with Crippen LogP contribution in [-0.4, -0.2) is 32.9 Å². The maximum Gasteiger partial charge on any atom is 0.316 e. The monoisotopic (exact) mass is 258 g/mol. The number of hydrogen-bond donors (Lipinski definition) is 0. The van der Waals surface area contributed by atoms with Gasteiger partial charge in [-0.25, -0.2) is 0 Å². The predicted molar refractivity (Wildman–Crippen MR) is 60.6 cm³/mol. The van der Waals surface area contributed by atoms with Crippen LogP contribution < -0.4 is 0 Å². The van der Waals surface area contributed by atoms with Crippen LogP contribution in [-0.2, 0) is 23.8 Å². The summed E-state index contributed by atoms with van der Waals surface area (Å²) in [4.78, 5) is 11.6. The number of carbonyl (C=O) groups excluding carboxylic acids is 1. The van der Waals surface area contributed by atoms with Gasteiger partial charge in [0, 0.05) is 0 Å². The Balaban J connectivity index is 2.29. The van der Waals surface area contributed by atoms with Crippen molar-refractivity contribution in [2.45, 2.75) is 26.1 Å². The van der Waals surface area contributed by atoms with Crippen molar-refractivity contribution in [3.63, 3.8) is 0 Å². The van der Waals surface area contributed by atoms with Gasteiger partial charge in [-0.15, -0.1) is 0 Å². The van der Waals surface area contributed by atoms with E-state index >= 15 is 0 Å². The summed E-state index contributed by atoms with van der Waals surface area (Å²) in [6, 6.07) is 0. The molecule has 1 heterocycles. The second-order valence-electron chi connectivity index (χ2n) is 4.72. The Hall–Kier alpha value is -1.14. The molecule has 0 radical (unpaired) electrons. The maximum atomic E-state index is 11.6. The fraction of sp³-hybridized carbons (Fsp3) is 0.545. The molecule has 17 heavy (non-hydrogen) atoms. The molecular weight excluding hydrogens is 244 g/mol. The van der Waals surface area contributed by atoms with Crippen molar-refractivity contribution in [3.8, 4) is 0 Å². The molecule has 0 aromatic heterocycles. The summed E-state index contributed by atoms with van der Waals surface area (Å²) >= 11 is 0. The van der Waals surface area contributed by atoms with Crippen molar-refractivity contribution >= 4 is 16.1 Å². The van der Waals surface area contributed by atoms with Crippen molar-refractivity contribution in [1.82, 2.24) is 0 Å². The molecule has 0 aromatic carbocycles. The molecule has 0 aromatic rings. The van der Waals surface area contributed by atoms with E-state index in [0.717, 1.165) is 11.8 Å². The van der Waals surface area contributed by atoms with Gasteiger partial charge >= 0.3 is 5.97 Å². The van der Waals surface area contributed by atoms with Gasteiger partial charge in [-0.3, -0.25) is 8.98 Å². The van der Waals surface area contributed by atoms with Crippen molar-refractivity contribution in [2.75, 3.05) is 6.26 Å². The smallest absolute Gasteiger partial charge is 0.316 e. The van der Waals surface area contributed by atoms with Crippen molar-refractivity contribution in [3.05, 3.63) is 23.8 Å². The van der Waals surface area contributed by atoms with Crippen LogP contribution in [0.3, 0.4) is 0 Å². The fourth-order valence-electron chi connectivity index (χ4n) is 1.95. The maximum absolute atomic E-state index is 11.6. The first-order valence-electron chi connectivity index (χ1n) is 5.20. The summed E-state index contributed by atoms with van der Waals surface area (Å²) < 4.78 is 32.1. The van der Waals surface area contributed by atoms with Crippen molar-refractivity contribution in [1.29, 1.82) is 0 Å². The van der Waals surface area contributed by atoms with E-state index in [-0.39, 0.29) is 5.97 Å². The third-order valence-corrected chi connectivity index (χ3v) is 3.45. The molecule has 2 aliphatic rings. The average molecular weight is 258 g/mol. The number of ether oxygens (including phenoxy) is 1. The summed E-state index contributed by atoms with van der Waals surface area (Å²) in [6.45, 7) is 3.50. The summed E-state index contributed by atoms with van der Waals surface area (Å²) in [5.41, 5.74) is 0.0211. The van der Waals surface area contributed by atoms with Gasteiger partial charge in [0.25, 0.3) is 10.1 Å². The van der Waals surface area contributed by atoms with E-state index in [1.807, 2.05) is 0 Å². The van der Waals surface area contributed by atoms with Crippen molar-refractivity contribution in [2.24, 2.45) is 5.41 Å². The minimum Gasteiger partial charge on any atom is -0.453 e. The fourth-order valence-corrected chi connectivity index (χ4v) is 2.47. The molecule has 1 aliphatic carbocycles. The summed E-state index contributed by atoms with van der Waals surface area (Å²) in [5, 5.41) is 0. The third-order valence-electron chi connectivity index (χ3n) is 2.88. The molecule has 0 N–H and O–H groups in total. The SMILES string of the molecule is CC1(C)C(=O)OC2C=CC(OS(C)(=O)=O)C=C21. The second-order valence-corrected chi connectivity index (χ2v) is 6.32. The minimum atomic E-state index is -3.52. The van der Waals surface area contributed by atoms with E-state index in [2.05, 4.69) is 0 Å². The summed E-state index contributed by atoms with van der Waals surface area (Å²) in [6.07, 6.45) is 4.80. The quantitative estimate of drug-likeness (QED) is 0.416. The Bertz CT molecular complexity index is 512. The molecule has 1 fully saturated rings. The van der Waals surface area contributed by atoms with Gasteiger partial charge in [0.2, 0.25) is 0 Å². The van der Waals surface area contributed by atoms with Gasteiger partial charge in [-0.2, -0.15) is 8.42 Å². The zero-order valence-corrected chi connectivity index (χ0v) is 10.7. The molecule has 2 atom stereocenters. The Labute approximate surface area is 100 Å². The first-order valence-corrected chi connectivity index (χ1v) is 7.02. The number of rotatable bonds is 2. The highest BCUT2D eigenvalue weighted by Crippen LogP contribution is 2.41. The van der Waals surface area contributed by atoms with E-state index in [1.54, 1.807) is 32.1 Å². The molecule has 0 amide bonds. The lowest BCUT2D eigenvalue weighted by molar-refractivity contribution is -0.146. The molecule has 2 rings (SSSR count). The van der Waals surface area contributed by atoms with Crippen LogP contribution in [0.4, 0.5) is 0 Å². The molecule has 0 bridgehead atoms. The van der Waals surface area contributed by atoms with Crippen LogP contribution in [0.1, 0.15) is 13.8 Å². The van der Waals surface area contributed by atoms with Gasteiger partial charge in [0.15, 0.2) is 0 Å². The predicted octanol–water partition coefficient (Wildman–Crippen LogP) is 0.779. The molecule has 6 heteroatoms. The lowest BCUT2D eigenvalue weighted by atomic mass is 9.81. The highest BCUT2D eigenvalue weighted by molar-refractivity contribution is 7.86. The Morgan fingerprint density at radius 3 is 2.59 bits per heavy atom. The van der Waals surface area contributed by atoms with Crippen LogP contribution in [0, 0.1) is 5.41 Å². The molecule has 1 saturated heterocycles. The van der Waals surface area contributed by atoms with Gasteiger partial charge in [0.05, 0.1) is 11.7 Å². The summed E-state index contributed by atoms with van der Waals surface area (Å²) in [5.74, 6) is -0.307. The second kappa shape index (κ2) is 3.68. The van der Waals surface area contributed by atoms with E-state index < -0.39 is 27.7 Å². The average Bonchev–Trinajstić information content (AvgIpc) is 2.37. The molecule has 0 saturated carbocycles. The minimum absolute atomic E-state index is 0.307. The largest absolute Gasteiger partial charge is 0.453 e. The van der Waals surface area contributed by atoms with E-state index in [1.165, 1.54) is 0 Å². The normalized spacial score (nSPS) is 30.8. The lowest BCUT2D eigenvalue weighted by Crippen LogP contribution is -2.24. The number of hydrogen-bond acceptors (Lipinski definition) is 5. The molecular formula is C11H14O5S. The van der Waals surface area contributed by atoms with Gasteiger partial charge in [-0.1, -0.05) is 6.08 Å². The number of esters is 1. The van der Waals surface area contributed by atoms with E-state index in [4.69, 9.17) is 8.92 Å². The summed E-state index contributed by atoms with van der Waals surface area (Å²) in [7, 11) is -3.52. The van der Waals surface area contributed by atoms with Crippen LogP contribution in [0.25, 0.3) is 0 Å². The van der Waals surface area contributed by atoms with Gasteiger partial charge in [-0.05, 0) is 31.6 Å². The van der Waals surface area contributed by atoms with Crippen LogP contribution >= 0.6 is 0 Å². The van der Waals surface area contributed by atoms with Crippen LogP contribution in [0.2, 0.25) is 0 Å². The van der Waals surface area contributed by atoms with Gasteiger partial charge in [0.1, 0.15) is 12.2 Å². The Morgan fingerprint density at radius 1 is 1.35 bits per heavy atom. The first kappa shape index (κ1) is 12.3. The molecule has 2 unspecified atom stereocenters. The Kier molecular flexibility index (Phi) is 2.67. The standard InChI is InChI=1S/C11H14O5S/c1-11(2)8-6-7(16-17(3,13)14)4-5-9(8)15-10(11)12/h4-7,9H,1-3H3. The highest BCUT2D eigenvalue weighted by atomic mass is 32.2. The van der Waals surface area contributed by atoms with E-state index in [9.17, 15) is 13.2 Å². The molecule has 0 spiro atoms. The highest BCUT2D eigenvalue weighted by Gasteiger charge is 2.46. The zero-order chi connectivity index (χ0) is 12.8. The molecule has 1 aliphatic heterocycles.